The topological polar surface area (TPSA) is 85.7 Å². The van der Waals surface area contributed by atoms with Gasteiger partial charge in [-0.3, -0.25) is 4.90 Å². The zero-order valence-corrected chi connectivity index (χ0v) is 27.0. The Balaban J connectivity index is 1.49. The Labute approximate surface area is 261 Å². The number of methoxy groups -OCH3 is 1. The maximum absolute atomic E-state index is 14.6. The van der Waals surface area contributed by atoms with Gasteiger partial charge in [-0.2, -0.15) is 0 Å². The normalized spacial score (nSPS) is 18.4. The highest BCUT2D eigenvalue weighted by Crippen LogP contribution is 2.55. The molecule has 2 aliphatic heterocycles. The molecule has 3 heterocycles. The van der Waals surface area contributed by atoms with Crippen LogP contribution in [0.15, 0.2) is 101 Å². The predicted molar refractivity (Wildman–Crippen MR) is 174 cm³/mol. The van der Waals surface area contributed by atoms with Crippen LogP contribution in [0.5, 0.6) is 5.75 Å². The molecule has 4 aromatic carbocycles. The number of nitrogens with zero attached hydrogens (tertiary/aromatic N) is 2. The molecule has 0 bridgehead atoms. The van der Waals surface area contributed by atoms with Crippen molar-refractivity contribution in [3.8, 4) is 5.75 Å². The molecule has 2 aliphatic rings. The minimum atomic E-state index is -4.04. The summed E-state index contributed by atoms with van der Waals surface area (Å²) >= 11 is 0. The van der Waals surface area contributed by atoms with Crippen LogP contribution in [0, 0.1) is 13.8 Å². The smallest absolute Gasteiger partial charge is 0.268 e. The summed E-state index contributed by atoms with van der Waals surface area (Å²) in [6.07, 6.45) is 0.649. The van der Waals surface area contributed by atoms with Crippen molar-refractivity contribution >= 4 is 40.6 Å². The summed E-state index contributed by atoms with van der Waals surface area (Å²) in [5, 5.41) is 0.245. The summed E-state index contributed by atoms with van der Waals surface area (Å²) in [5.41, 5.74) is 5.95. The summed E-state index contributed by atoms with van der Waals surface area (Å²) < 4.78 is 64.3. The molecule has 2 atom stereocenters. The van der Waals surface area contributed by atoms with Gasteiger partial charge in [-0.05, 0) is 90.2 Å². The number of aryl methyl sites for hydroxylation is 2. The predicted octanol–water partition coefficient (Wildman–Crippen LogP) is 6.78. The molecule has 0 amide bonds. The Hall–Kier alpha value is -3.57. The van der Waals surface area contributed by atoms with E-state index in [0.29, 0.717) is 36.5 Å². The zero-order chi connectivity index (χ0) is 30.8. The lowest BCUT2D eigenvalue weighted by molar-refractivity contribution is 0.154. The number of hydrogen-bond acceptors (Lipinski definition) is 7. The molecule has 0 spiro atoms. The van der Waals surface area contributed by atoms with Crippen molar-refractivity contribution in [3.05, 3.63) is 125 Å². The molecular weight excluding hydrogens is 613 g/mol. The molecule has 5 aromatic rings. The van der Waals surface area contributed by atoms with Gasteiger partial charge in [0.05, 0.1) is 39.4 Å². The lowest BCUT2D eigenvalue weighted by Gasteiger charge is -2.45. The Morgan fingerprint density at radius 3 is 2.16 bits per heavy atom. The van der Waals surface area contributed by atoms with Crippen molar-refractivity contribution in [1.82, 2.24) is 8.87 Å². The Morgan fingerprint density at radius 2 is 1.48 bits per heavy atom. The number of para-hydroxylation sites is 1. The van der Waals surface area contributed by atoms with Gasteiger partial charge in [-0.15, -0.1) is 0 Å². The van der Waals surface area contributed by atoms with E-state index in [0.717, 1.165) is 44.0 Å². The molecule has 0 aliphatic carbocycles. The van der Waals surface area contributed by atoms with Gasteiger partial charge in [-0.25, -0.2) is 20.8 Å². The van der Waals surface area contributed by atoms with Gasteiger partial charge in [-0.1, -0.05) is 59.7 Å². The summed E-state index contributed by atoms with van der Waals surface area (Å²) in [4.78, 5) is 2.65. The van der Waals surface area contributed by atoms with Gasteiger partial charge >= 0.3 is 0 Å². The first-order valence-corrected chi connectivity index (χ1v) is 18.8. The number of fused-ring (bicyclic) bond motifs is 6. The molecule has 44 heavy (non-hydrogen) atoms. The van der Waals surface area contributed by atoms with E-state index in [2.05, 4.69) is 4.90 Å². The van der Waals surface area contributed by atoms with Crippen molar-refractivity contribution in [2.75, 3.05) is 13.7 Å². The van der Waals surface area contributed by atoms with Crippen molar-refractivity contribution in [1.29, 1.82) is 0 Å². The van der Waals surface area contributed by atoms with Crippen LogP contribution in [0.1, 0.15) is 44.8 Å². The van der Waals surface area contributed by atoms with E-state index in [1.807, 2.05) is 56.3 Å². The van der Waals surface area contributed by atoms with E-state index in [1.165, 1.54) is 3.97 Å². The van der Waals surface area contributed by atoms with Crippen LogP contribution in [0.2, 0.25) is 0 Å². The molecule has 0 saturated heterocycles. The number of hydrogen-bond donors (Lipinski definition) is 0. The first-order valence-electron chi connectivity index (χ1n) is 14.4. The minimum Gasteiger partial charge on any atom is -0.497 e. The quantitative estimate of drug-likeness (QED) is 0.189. The zero-order valence-electron chi connectivity index (χ0n) is 24.6. The summed E-state index contributed by atoms with van der Waals surface area (Å²) in [5.74, 6) is 0.624. The Bertz CT molecular complexity index is 2120. The fourth-order valence-corrected chi connectivity index (χ4v) is 11.8. The average molecular weight is 645 g/mol. The number of aromatic nitrogens is 1. The molecule has 10 heteroatoms. The van der Waals surface area contributed by atoms with E-state index in [9.17, 15) is 16.8 Å². The van der Waals surface area contributed by atoms with Crippen molar-refractivity contribution < 1.29 is 21.6 Å². The molecule has 0 N–H and O–H groups in total. The number of rotatable bonds is 6. The largest absolute Gasteiger partial charge is 0.497 e. The summed E-state index contributed by atoms with van der Waals surface area (Å²) in [6.45, 7) is 5.08. The number of benzene rings is 4. The summed E-state index contributed by atoms with van der Waals surface area (Å²) in [7, 11) is -5.40. The van der Waals surface area contributed by atoms with Crippen LogP contribution in [0.25, 0.3) is 10.9 Å². The van der Waals surface area contributed by atoms with Gasteiger partial charge in [0.2, 0.25) is 8.87 Å². The Morgan fingerprint density at radius 1 is 0.818 bits per heavy atom. The highest BCUT2D eigenvalue weighted by atomic mass is 33.1. The minimum absolute atomic E-state index is 0.193. The highest BCUT2D eigenvalue weighted by molar-refractivity contribution is 8.72. The first-order chi connectivity index (χ1) is 21.1. The van der Waals surface area contributed by atoms with Crippen LogP contribution >= 0.6 is 10.8 Å². The third-order valence-electron chi connectivity index (χ3n) is 8.72. The highest BCUT2D eigenvalue weighted by Gasteiger charge is 2.46. The van der Waals surface area contributed by atoms with Gasteiger partial charge in [0.25, 0.3) is 10.0 Å². The van der Waals surface area contributed by atoms with Gasteiger partial charge < -0.3 is 4.74 Å². The molecule has 7 rings (SSSR count). The average Bonchev–Trinajstić information content (AvgIpc) is 3.36. The molecule has 0 saturated carbocycles. The second kappa shape index (κ2) is 10.8. The van der Waals surface area contributed by atoms with Crippen molar-refractivity contribution in [3.63, 3.8) is 0 Å². The standard InChI is InChI=1S/C34H32N2O5S3/c1-22-8-14-26(15-9-22)43(37,38)36-31-7-5-4-6-28(31)29-18-19-35-21-24-12-13-25(41-3)20-30(24)34(33(35)32(29)36)42-44(39,40)27-16-10-23(2)11-17-27/h4-17,20,33-34H,18-19,21H2,1-3H3/t33-,34?/m1/s1. The molecule has 1 unspecified atom stereocenters. The SMILES string of the molecule is COc1ccc2c(c1)C(SS(=O)(=O)c1ccc(C)cc1)[C@H]1c3c(c4ccccc4n3S(=O)(=O)c3ccc(C)cc3)CCN1C2. The van der Waals surface area contributed by atoms with Crippen LogP contribution < -0.4 is 4.74 Å². The monoisotopic (exact) mass is 644 g/mol. The van der Waals surface area contributed by atoms with E-state index in [-0.39, 0.29) is 9.79 Å². The van der Waals surface area contributed by atoms with E-state index < -0.39 is 30.2 Å². The Kier molecular flexibility index (Phi) is 7.16. The molecule has 1 aromatic heterocycles. The van der Waals surface area contributed by atoms with Gasteiger partial charge in [0.15, 0.2) is 0 Å². The van der Waals surface area contributed by atoms with E-state index >= 15 is 0 Å². The van der Waals surface area contributed by atoms with Crippen LogP contribution in [-0.4, -0.2) is 39.4 Å². The van der Waals surface area contributed by atoms with E-state index in [4.69, 9.17) is 4.74 Å². The molecule has 0 fully saturated rings. The fourth-order valence-electron chi connectivity index (χ4n) is 6.51. The van der Waals surface area contributed by atoms with Crippen molar-refractivity contribution in [2.24, 2.45) is 0 Å². The third-order valence-corrected chi connectivity index (χ3v) is 14.2. The molecular formula is C34H32N2O5S3. The molecule has 0 radical (unpaired) electrons. The summed E-state index contributed by atoms with van der Waals surface area (Å²) in [6, 6.07) is 26.6. The van der Waals surface area contributed by atoms with Crippen LogP contribution in [-0.2, 0) is 31.9 Å². The second-order valence-corrected chi connectivity index (χ2v) is 17.2. The third kappa shape index (κ3) is 4.75. The van der Waals surface area contributed by atoms with Crippen LogP contribution in [0.4, 0.5) is 0 Å². The van der Waals surface area contributed by atoms with Crippen LogP contribution in [0.3, 0.4) is 0 Å². The maximum Gasteiger partial charge on any atom is 0.268 e. The van der Waals surface area contributed by atoms with Crippen molar-refractivity contribution in [2.45, 2.75) is 47.9 Å². The molecule has 7 nitrogen and oxygen atoms in total. The number of ether oxygens (including phenoxy) is 1. The fraction of sp³-hybridized carbons (Fsp3) is 0.235. The molecule has 226 valence electrons. The van der Waals surface area contributed by atoms with Gasteiger partial charge in [0.1, 0.15) is 5.75 Å². The van der Waals surface area contributed by atoms with E-state index in [1.54, 1.807) is 55.6 Å². The lowest BCUT2D eigenvalue weighted by atomic mass is 9.86. The van der Waals surface area contributed by atoms with Gasteiger partial charge in [0, 0.05) is 18.5 Å². The second-order valence-electron chi connectivity index (χ2n) is 11.5. The maximum atomic E-state index is 14.6. The lowest BCUT2D eigenvalue weighted by Crippen LogP contribution is -2.42. The first kappa shape index (κ1) is 29.2.